The predicted octanol–water partition coefficient (Wildman–Crippen LogP) is 1.97. The van der Waals surface area contributed by atoms with E-state index in [-0.39, 0.29) is 29.9 Å². The highest BCUT2D eigenvalue weighted by atomic mass is 32.2. The molecule has 1 amide bonds. The second-order valence-electron chi connectivity index (χ2n) is 6.07. The Labute approximate surface area is 151 Å². The minimum absolute atomic E-state index is 0.0346. The van der Waals surface area contributed by atoms with E-state index in [2.05, 4.69) is 10.3 Å². The van der Waals surface area contributed by atoms with Gasteiger partial charge in [0.1, 0.15) is 10.8 Å². The number of aryl methyl sites for hydroxylation is 1. The van der Waals surface area contributed by atoms with Gasteiger partial charge in [-0.25, -0.2) is 13.4 Å². The number of hydrogen-bond donors (Lipinski definition) is 1. The molecule has 0 saturated carbocycles. The molecule has 8 heteroatoms. The molecule has 25 heavy (non-hydrogen) atoms. The van der Waals surface area contributed by atoms with Crippen LogP contribution in [0.1, 0.15) is 17.0 Å². The summed E-state index contributed by atoms with van der Waals surface area (Å²) in [7, 11) is -1.39. The third-order valence-corrected chi connectivity index (χ3v) is 7.11. The maximum Gasteiger partial charge on any atom is 0.225 e. The average Bonchev–Trinajstić information content (AvgIpc) is 3.09. The summed E-state index contributed by atoms with van der Waals surface area (Å²) in [6.45, 7) is 1.87. The number of sulfone groups is 1. The number of para-hydroxylation sites is 1. The molecular weight excluding hydrogens is 360 g/mol. The van der Waals surface area contributed by atoms with E-state index in [1.807, 2.05) is 31.2 Å². The molecule has 1 aliphatic heterocycles. The number of aromatic nitrogens is 1. The smallest absolute Gasteiger partial charge is 0.225 e. The molecule has 1 atom stereocenters. The van der Waals surface area contributed by atoms with Gasteiger partial charge < -0.3 is 10.1 Å². The number of benzene rings is 1. The molecule has 0 spiro atoms. The van der Waals surface area contributed by atoms with Gasteiger partial charge in [-0.15, -0.1) is 11.3 Å². The number of thiazole rings is 1. The third kappa shape index (κ3) is 4.19. The van der Waals surface area contributed by atoms with Gasteiger partial charge in [-0.05, 0) is 25.5 Å². The number of nitrogens with zero attached hydrogens (tertiary/aromatic N) is 1. The van der Waals surface area contributed by atoms with Crippen molar-refractivity contribution in [3.63, 3.8) is 0 Å². The van der Waals surface area contributed by atoms with E-state index in [0.29, 0.717) is 6.42 Å². The minimum atomic E-state index is -3.00. The molecule has 0 radical (unpaired) electrons. The van der Waals surface area contributed by atoms with Crippen molar-refractivity contribution in [2.45, 2.75) is 25.8 Å². The molecule has 1 aliphatic rings. The van der Waals surface area contributed by atoms with E-state index in [0.717, 1.165) is 26.9 Å². The van der Waals surface area contributed by atoms with Crippen LogP contribution >= 0.6 is 11.3 Å². The zero-order chi connectivity index (χ0) is 18.0. The Morgan fingerprint density at radius 3 is 2.84 bits per heavy atom. The van der Waals surface area contributed by atoms with Crippen LogP contribution < -0.4 is 10.1 Å². The van der Waals surface area contributed by atoms with Gasteiger partial charge in [-0.2, -0.15) is 0 Å². The number of rotatable bonds is 5. The summed E-state index contributed by atoms with van der Waals surface area (Å²) in [6.07, 6.45) is 0.692. The summed E-state index contributed by atoms with van der Waals surface area (Å²) in [6, 6.07) is 7.34. The van der Waals surface area contributed by atoms with Crippen LogP contribution in [-0.2, 0) is 21.1 Å². The molecule has 1 unspecified atom stereocenters. The Morgan fingerprint density at radius 2 is 2.16 bits per heavy atom. The Balaban J connectivity index is 1.71. The first-order valence-electron chi connectivity index (χ1n) is 7.97. The predicted molar refractivity (Wildman–Crippen MR) is 97.7 cm³/mol. The van der Waals surface area contributed by atoms with Crippen LogP contribution in [0.25, 0.3) is 10.6 Å². The highest BCUT2D eigenvalue weighted by Gasteiger charge is 2.29. The van der Waals surface area contributed by atoms with E-state index >= 15 is 0 Å². The summed E-state index contributed by atoms with van der Waals surface area (Å²) in [5.41, 5.74) is 1.70. The van der Waals surface area contributed by atoms with Crippen molar-refractivity contribution in [2.24, 2.45) is 0 Å². The number of hydrogen-bond acceptors (Lipinski definition) is 6. The van der Waals surface area contributed by atoms with Crippen LogP contribution in [0.3, 0.4) is 0 Å². The molecular formula is C17H20N2O4S2. The monoisotopic (exact) mass is 380 g/mol. The Bertz CT molecular complexity index is 890. The molecule has 6 nitrogen and oxygen atoms in total. The fourth-order valence-corrected chi connectivity index (χ4v) is 5.63. The highest BCUT2D eigenvalue weighted by Crippen LogP contribution is 2.34. The van der Waals surface area contributed by atoms with Crippen molar-refractivity contribution in [3.8, 4) is 16.3 Å². The van der Waals surface area contributed by atoms with Gasteiger partial charge in [0.15, 0.2) is 9.84 Å². The zero-order valence-electron chi connectivity index (χ0n) is 14.1. The fourth-order valence-electron chi connectivity index (χ4n) is 2.86. The van der Waals surface area contributed by atoms with Crippen LogP contribution in [0, 0.1) is 6.92 Å². The topological polar surface area (TPSA) is 85.4 Å². The highest BCUT2D eigenvalue weighted by molar-refractivity contribution is 7.91. The second kappa shape index (κ2) is 7.13. The molecule has 1 aromatic carbocycles. The van der Waals surface area contributed by atoms with Gasteiger partial charge in [-0.3, -0.25) is 4.79 Å². The SMILES string of the molecule is COc1ccccc1-c1nc(C)c(CC(=O)NC2CCS(=O)(=O)C2)s1. The van der Waals surface area contributed by atoms with Crippen molar-refractivity contribution in [1.29, 1.82) is 0 Å². The van der Waals surface area contributed by atoms with Gasteiger partial charge in [0.05, 0.1) is 36.3 Å². The van der Waals surface area contributed by atoms with Gasteiger partial charge in [0.25, 0.3) is 0 Å². The lowest BCUT2D eigenvalue weighted by Gasteiger charge is -2.10. The number of ether oxygens (including phenoxy) is 1. The van der Waals surface area contributed by atoms with Gasteiger partial charge in [-0.1, -0.05) is 12.1 Å². The first-order chi connectivity index (χ1) is 11.9. The minimum Gasteiger partial charge on any atom is -0.496 e. The molecule has 0 bridgehead atoms. The molecule has 3 rings (SSSR count). The molecule has 1 aromatic heterocycles. The number of carbonyl (C=O) groups excluding carboxylic acids is 1. The molecule has 2 heterocycles. The largest absolute Gasteiger partial charge is 0.496 e. The Morgan fingerprint density at radius 1 is 1.40 bits per heavy atom. The van der Waals surface area contributed by atoms with Crippen molar-refractivity contribution >= 4 is 27.1 Å². The van der Waals surface area contributed by atoms with E-state index in [1.54, 1.807) is 7.11 Å². The summed E-state index contributed by atoms with van der Waals surface area (Å²) in [4.78, 5) is 17.7. The van der Waals surface area contributed by atoms with Crippen LogP contribution in [0.2, 0.25) is 0 Å². The lowest BCUT2D eigenvalue weighted by Crippen LogP contribution is -2.36. The van der Waals surface area contributed by atoms with E-state index in [4.69, 9.17) is 4.74 Å². The number of nitrogens with one attached hydrogen (secondary N) is 1. The summed E-state index contributed by atoms with van der Waals surface area (Å²) in [5, 5.41) is 3.62. The maximum atomic E-state index is 12.2. The second-order valence-corrected chi connectivity index (χ2v) is 9.38. The summed E-state index contributed by atoms with van der Waals surface area (Å²) in [5.74, 6) is 0.756. The van der Waals surface area contributed by atoms with Crippen LogP contribution in [0.4, 0.5) is 0 Å². The van der Waals surface area contributed by atoms with E-state index < -0.39 is 9.84 Å². The standard InChI is InChI=1S/C17H20N2O4S2/c1-11-15(9-16(20)19-12-7-8-25(21,22)10-12)24-17(18-11)13-5-3-4-6-14(13)23-2/h3-6,12H,7-10H2,1-2H3,(H,19,20). The average molecular weight is 380 g/mol. The van der Waals surface area contributed by atoms with Crippen molar-refractivity contribution in [1.82, 2.24) is 10.3 Å². The maximum absolute atomic E-state index is 12.2. The van der Waals surface area contributed by atoms with Gasteiger partial charge in [0, 0.05) is 10.9 Å². The normalized spacial score (nSPS) is 18.9. The molecule has 0 aliphatic carbocycles. The van der Waals surface area contributed by atoms with Crippen molar-refractivity contribution < 1.29 is 17.9 Å². The zero-order valence-corrected chi connectivity index (χ0v) is 15.7. The molecule has 2 aromatic rings. The third-order valence-electron chi connectivity index (χ3n) is 4.15. The van der Waals surface area contributed by atoms with Gasteiger partial charge >= 0.3 is 0 Å². The summed E-state index contributed by atoms with van der Waals surface area (Å²) < 4.78 is 28.3. The number of carbonyl (C=O) groups is 1. The fraction of sp³-hybridized carbons (Fsp3) is 0.412. The Hall–Kier alpha value is -1.93. The van der Waals surface area contributed by atoms with Gasteiger partial charge in [0.2, 0.25) is 5.91 Å². The van der Waals surface area contributed by atoms with E-state index in [1.165, 1.54) is 11.3 Å². The quantitative estimate of drug-likeness (QED) is 0.857. The molecule has 1 N–H and O–H groups in total. The van der Waals surface area contributed by atoms with Crippen molar-refractivity contribution in [3.05, 3.63) is 34.8 Å². The number of amides is 1. The van der Waals surface area contributed by atoms with Crippen molar-refractivity contribution in [2.75, 3.05) is 18.6 Å². The molecule has 134 valence electrons. The molecule has 1 saturated heterocycles. The lowest BCUT2D eigenvalue weighted by molar-refractivity contribution is -0.120. The first-order valence-corrected chi connectivity index (χ1v) is 10.6. The number of methoxy groups -OCH3 is 1. The Kier molecular flexibility index (Phi) is 5.10. The van der Waals surface area contributed by atoms with Crippen LogP contribution in [-0.4, -0.2) is 44.0 Å². The summed E-state index contributed by atoms with van der Waals surface area (Å²) >= 11 is 1.46. The van der Waals surface area contributed by atoms with Crippen LogP contribution in [0.5, 0.6) is 5.75 Å². The van der Waals surface area contributed by atoms with E-state index in [9.17, 15) is 13.2 Å². The first kappa shape index (κ1) is 17.9. The molecule has 1 fully saturated rings. The lowest BCUT2D eigenvalue weighted by atomic mass is 10.2. The van der Waals surface area contributed by atoms with Crippen LogP contribution in [0.15, 0.2) is 24.3 Å².